The smallest absolute Gasteiger partial charge is 0.410 e. The van der Waals surface area contributed by atoms with E-state index in [2.05, 4.69) is 9.97 Å². The second-order valence-electron chi connectivity index (χ2n) is 6.95. The highest BCUT2D eigenvalue weighted by atomic mass is 32.2. The first-order valence-corrected chi connectivity index (χ1v) is 9.33. The molecule has 0 unspecified atom stereocenters. The minimum Gasteiger partial charge on any atom is -0.444 e. The molecule has 0 N–H and O–H groups in total. The van der Waals surface area contributed by atoms with Crippen molar-refractivity contribution >= 4 is 23.6 Å². The van der Waals surface area contributed by atoms with Crippen LogP contribution in [0, 0.1) is 0 Å². The lowest BCUT2D eigenvalue weighted by molar-refractivity contribution is 0.0203. The van der Waals surface area contributed by atoms with Crippen LogP contribution in [0.4, 0.5) is 4.79 Å². The van der Waals surface area contributed by atoms with E-state index in [1.807, 2.05) is 27.0 Å². The van der Waals surface area contributed by atoms with Gasteiger partial charge in [-0.25, -0.2) is 14.8 Å². The Morgan fingerprint density at radius 2 is 1.92 bits per heavy atom. The van der Waals surface area contributed by atoms with E-state index in [0.717, 1.165) is 18.5 Å². The van der Waals surface area contributed by atoms with Crippen molar-refractivity contribution in [2.45, 2.75) is 57.2 Å². The molecule has 0 atom stereocenters. The Balaban J connectivity index is 2.09. The number of thioether (sulfide) groups is 1. The molecular formula is C17H25N3O3S. The lowest BCUT2D eigenvalue weighted by Crippen LogP contribution is -2.41. The number of rotatable bonds is 3. The highest BCUT2D eigenvalue weighted by molar-refractivity contribution is 7.98. The topological polar surface area (TPSA) is 72.4 Å². The van der Waals surface area contributed by atoms with E-state index in [1.54, 1.807) is 11.1 Å². The number of hydrogen-bond acceptors (Lipinski definition) is 6. The number of Topliss-reactive ketones (excluding diaryl/α,β-unsaturated/α-hetero) is 1. The Labute approximate surface area is 147 Å². The molecule has 1 aromatic rings. The molecule has 24 heavy (non-hydrogen) atoms. The van der Waals surface area contributed by atoms with E-state index >= 15 is 0 Å². The summed E-state index contributed by atoms with van der Waals surface area (Å²) < 4.78 is 5.42. The monoisotopic (exact) mass is 351 g/mol. The standard InChI is InChI=1S/C17H25N3O3S/c1-11(21)13-10-18-15(24-5)19-14(13)12-6-8-20(9-7-12)16(22)23-17(2,3)4/h10,12H,6-9H2,1-5H3. The SMILES string of the molecule is CSc1ncc(C(C)=O)c(C2CCN(C(=O)OC(C)(C)C)CC2)n1. The fourth-order valence-corrected chi connectivity index (χ4v) is 3.07. The van der Waals surface area contributed by atoms with Gasteiger partial charge in [0.1, 0.15) is 5.60 Å². The van der Waals surface area contributed by atoms with Gasteiger partial charge in [0.05, 0.1) is 11.3 Å². The Hall–Kier alpha value is -1.63. The van der Waals surface area contributed by atoms with Crippen LogP contribution in [0.5, 0.6) is 0 Å². The minimum atomic E-state index is -0.490. The Morgan fingerprint density at radius 3 is 2.42 bits per heavy atom. The van der Waals surface area contributed by atoms with E-state index in [9.17, 15) is 9.59 Å². The van der Waals surface area contributed by atoms with Crippen LogP contribution in [0.1, 0.15) is 62.5 Å². The van der Waals surface area contributed by atoms with Gasteiger partial charge in [0, 0.05) is 25.2 Å². The second-order valence-corrected chi connectivity index (χ2v) is 7.73. The molecule has 7 heteroatoms. The Morgan fingerprint density at radius 1 is 1.29 bits per heavy atom. The van der Waals surface area contributed by atoms with Gasteiger partial charge in [-0.05, 0) is 46.8 Å². The summed E-state index contributed by atoms with van der Waals surface area (Å²) in [5.74, 6) is 0.142. The molecule has 1 fully saturated rings. The summed E-state index contributed by atoms with van der Waals surface area (Å²) in [7, 11) is 0. The summed E-state index contributed by atoms with van der Waals surface area (Å²) in [6.07, 6.45) is 4.79. The summed E-state index contributed by atoms with van der Waals surface area (Å²) >= 11 is 1.46. The first-order chi connectivity index (χ1) is 11.2. The van der Waals surface area contributed by atoms with Crippen LogP contribution in [-0.2, 0) is 4.74 Å². The number of carbonyl (C=O) groups is 2. The minimum absolute atomic E-state index is 0.0211. The Kier molecular flexibility index (Phi) is 5.85. The maximum absolute atomic E-state index is 12.2. The summed E-state index contributed by atoms with van der Waals surface area (Å²) in [6, 6.07) is 0. The predicted molar refractivity (Wildman–Crippen MR) is 93.6 cm³/mol. The normalized spacial score (nSPS) is 16.1. The van der Waals surface area contributed by atoms with Crippen LogP contribution >= 0.6 is 11.8 Å². The van der Waals surface area contributed by atoms with Crippen molar-refractivity contribution in [1.82, 2.24) is 14.9 Å². The van der Waals surface area contributed by atoms with Gasteiger partial charge in [0.2, 0.25) is 0 Å². The summed E-state index contributed by atoms with van der Waals surface area (Å²) in [6.45, 7) is 8.34. The number of carbonyl (C=O) groups excluding carboxylic acids is 2. The maximum atomic E-state index is 12.2. The van der Waals surface area contributed by atoms with Crippen LogP contribution in [0.3, 0.4) is 0 Å². The van der Waals surface area contributed by atoms with Gasteiger partial charge in [-0.3, -0.25) is 4.79 Å². The van der Waals surface area contributed by atoms with Gasteiger partial charge in [0.15, 0.2) is 10.9 Å². The van der Waals surface area contributed by atoms with Gasteiger partial charge in [-0.15, -0.1) is 0 Å². The van der Waals surface area contributed by atoms with Crippen molar-refractivity contribution in [3.8, 4) is 0 Å². The molecule has 0 aromatic carbocycles. The first kappa shape index (κ1) is 18.7. The first-order valence-electron chi connectivity index (χ1n) is 8.11. The zero-order valence-electron chi connectivity index (χ0n) is 15.0. The van der Waals surface area contributed by atoms with Crippen molar-refractivity contribution in [3.63, 3.8) is 0 Å². The van der Waals surface area contributed by atoms with Crippen molar-refractivity contribution in [1.29, 1.82) is 0 Å². The number of hydrogen-bond donors (Lipinski definition) is 0. The largest absolute Gasteiger partial charge is 0.444 e. The van der Waals surface area contributed by atoms with E-state index in [1.165, 1.54) is 18.7 Å². The average molecular weight is 351 g/mol. The van der Waals surface area contributed by atoms with Gasteiger partial charge in [0.25, 0.3) is 0 Å². The van der Waals surface area contributed by atoms with Gasteiger partial charge in [-0.2, -0.15) is 0 Å². The fourth-order valence-electron chi connectivity index (χ4n) is 2.72. The predicted octanol–water partition coefficient (Wildman–Crippen LogP) is 3.52. The molecule has 1 aliphatic heterocycles. The highest BCUT2D eigenvalue weighted by Crippen LogP contribution is 2.30. The molecule has 132 valence electrons. The molecule has 1 aliphatic rings. The molecular weight excluding hydrogens is 326 g/mol. The number of amides is 1. The van der Waals surface area contributed by atoms with Crippen LogP contribution in [-0.4, -0.2) is 51.7 Å². The maximum Gasteiger partial charge on any atom is 0.410 e. The molecule has 0 bridgehead atoms. The van der Waals surface area contributed by atoms with Crippen LogP contribution in [0.15, 0.2) is 11.4 Å². The van der Waals surface area contributed by atoms with Crippen molar-refractivity contribution in [3.05, 3.63) is 17.5 Å². The van der Waals surface area contributed by atoms with Crippen LogP contribution in [0.2, 0.25) is 0 Å². The summed E-state index contributed by atoms with van der Waals surface area (Å²) in [4.78, 5) is 34.5. The number of aromatic nitrogens is 2. The third-order valence-electron chi connectivity index (χ3n) is 3.89. The molecule has 6 nitrogen and oxygen atoms in total. The molecule has 0 radical (unpaired) electrons. The number of nitrogens with zero attached hydrogens (tertiary/aromatic N) is 3. The van der Waals surface area contributed by atoms with Gasteiger partial charge >= 0.3 is 6.09 Å². The molecule has 1 aromatic heterocycles. The summed E-state index contributed by atoms with van der Waals surface area (Å²) in [5, 5.41) is 0.671. The van der Waals surface area contributed by atoms with Crippen LogP contribution < -0.4 is 0 Å². The average Bonchev–Trinajstić information content (AvgIpc) is 2.52. The quantitative estimate of drug-likeness (QED) is 0.471. The molecule has 1 saturated heterocycles. The molecule has 2 rings (SSSR count). The zero-order valence-corrected chi connectivity index (χ0v) is 15.8. The number of ketones is 1. The van der Waals surface area contributed by atoms with E-state index in [4.69, 9.17) is 4.74 Å². The third-order valence-corrected chi connectivity index (χ3v) is 4.45. The van der Waals surface area contributed by atoms with Gasteiger partial charge in [-0.1, -0.05) is 11.8 Å². The number of ether oxygens (including phenoxy) is 1. The lowest BCUT2D eigenvalue weighted by atomic mass is 9.90. The molecule has 2 heterocycles. The van der Waals surface area contributed by atoms with Crippen molar-refractivity contribution < 1.29 is 14.3 Å². The zero-order chi connectivity index (χ0) is 17.9. The lowest BCUT2D eigenvalue weighted by Gasteiger charge is -2.33. The second kappa shape index (κ2) is 7.51. The third kappa shape index (κ3) is 4.69. The highest BCUT2D eigenvalue weighted by Gasteiger charge is 2.30. The van der Waals surface area contributed by atoms with Crippen LogP contribution in [0.25, 0.3) is 0 Å². The van der Waals surface area contributed by atoms with Crippen molar-refractivity contribution in [2.24, 2.45) is 0 Å². The number of likely N-dealkylation sites (tertiary alicyclic amines) is 1. The molecule has 1 amide bonds. The van der Waals surface area contributed by atoms with E-state index in [0.29, 0.717) is 23.8 Å². The Bertz CT molecular complexity index is 620. The molecule has 0 aliphatic carbocycles. The molecule has 0 saturated carbocycles. The molecule has 0 spiro atoms. The fraction of sp³-hybridized carbons (Fsp3) is 0.647. The van der Waals surface area contributed by atoms with Gasteiger partial charge < -0.3 is 9.64 Å². The number of piperidine rings is 1. The van der Waals surface area contributed by atoms with E-state index < -0.39 is 5.60 Å². The summed E-state index contributed by atoms with van der Waals surface area (Å²) in [5.41, 5.74) is 0.907. The van der Waals surface area contributed by atoms with Crippen molar-refractivity contribution in [2.75, 3.05) is 19.3 Å². The van der Waals surface area contributed by atoms with E-state index in [-0.39, 0.29) is 17.8 Å².